The molecule has 0 aliphatic carbocycles. The maximum absolute atomic E-state index is 12.8. The Bertz CT molecular complexity index is 955. The first kappa shape index (κ1) is 23.0. The van der Waals surface area contributed by atoms with E-state index in [0.29, 0.717) is 21.2 Å². The van der Waals surface area contributed by atoms with Crippen molar-refractivity contribution in [1.29, 1.82) is 0 Å². The standard InChI is InChI=1S/C23H20Cl2O6/c1-23(2)30-21(19(28)11-17(26)13-3-7-15(24)8-4-13)22(31-23)20(29)12-18(27)14-5-9-16(25)10-6-14/h3-12,21-22,26-27H,1-2H3/b17-11-,18-12-/t21-,22-/m0/s1. The lowest BCUT2D eigenvalue weighted by molar-refractivity contribution is -0.155. The van der Waals surface area contributed by atoms with Crippen LogP contribution in [0.2, 0.25) is 10.0 Å². The summed E-state index contributed by atoms with van der Waals surface area (Å²) >= 11 is 11.7. The Hall–Kier alpha value is -2.64. The Labute approximate surface area is 189 Å². The molecule has 2 aromatic carbocycles. The summed E-state index contributed by atoms with van der Waals surface area (Å²) in [5.74, 6) is -3.14. The Morgan fingerprint density at radius 1 is 0.774 bits per heavy atom. The normalized spacial score (nSPS) is 21.2. The van der Waals surface area contributed by atoms with E-state index in [1.165, 1.54) is 0 Å². The van der Waals surface area contributed by atoms with Gasteiger partial charge in [0.15, 0.2) is 29.6 Å². The van der Waals surface area contributed by atoms with Crippen LogP contribution >= 0.6 is 23.2 Å². The predicted octanol–water partition coefficient (Wildman–Crippen LogP) is 5.15. The first-order valence-corrected chi connectivity index (χ1v) is 10.1. The molecule has 1 aliphatic rings. The van der Waals surface area contributed by atoms with Crippen LogP contribution in [0.15, 0.2) is 60.7 Å². The van der Waals surface area contributed by atoms with Crippen molar-refractivity contribution in [2.24, 2.45) is 0 Å². The number of halogens is 2. The van der Waals surface area contributed by atoms with Crippen molar-refractivity contribution in [2.75, 3.05) is 0 Å². The van der Waals surface area contributed by atoms with Crippen LogP contribution < -0.4 is 0 Å². The third-order valence-corrected chi connectivity index (χ3v) is 5.00. The van der Waals surface area contributed by atoms with E-state index in [9.17, 15) is 19.8 Å². The zero-order chi connectivity index (χ0) is 22.8. The summed E-state index contributed by atoms with van der Waals surface area (Å²) in [5.41, 5.74) is 0.748. The van der Waals surface area contributed by atoms with Crippen LogP contribution in [0, 0.1) is 0 Å². The highest BCUT2D eigenvalue weighted by Crippen LogP contribution is 2.31. The number of ketones is 2. The molecule has 0 radical (unpaired) electrons. The highest BCUT2D eigenvalue weighted by Gasteiger charge is 2.47. The van der Waals surface area contributed by atoms with Gasteiger partial charge in [-0.05, 0) is 62.4 Å². The third-order valence-electron chi connectivity index (χ3n) is 4.50. The molecule has 0 saturated carbocycles. The fourth-order valence-corrected chi connectivity index (χ4v) is 3.27. The molecule has 1 fully saturated rings. The Kier molecular flexibility index (Phi) is 6.86. The Balaban J connectivity index is 1.83. The van der Waals surface area contributed by atoms with E-state index >= 15 is 0 Å². The molecule has 0 unspecified atom stereocenters. The Morgan fingerprint density at radius 3 is 1.42 bits per heavy atom. The van der Waals surface area contributed by atoms with E-state index in [-0.39, 0.29) is 11.5 Å². The van der Waals surface area contributed by atoms with E-state index in [1.807, 2.05) is 0 Å². The van der Waals surface area contributed by atoms with E-state index in [1.54, 1.807) is 62.4 Å². The lowest BCUT2D eigenvalue weighted by atomic mass is 10.0. The van der Waals surface area contributed by atoms with Crippen LogP contribution in [0.1, 0.15) is 25.0 Å². The molecule has 6 nitrogen and oxygen atoms in total. The molecule has 0 amide bonds. The van der Waals surface area contributed by atoms with Crippen molar-refractivity contribution in [3.63, 3.8) is 0 Å². The number of rotatable bonds is 6. The number of carbonyl (C=O) groups is 2. The molecule has 8 heteroatoms. The average Bonchev–Trinajstić information content (AvgIpc) is 3.04. The summed E-state index contributed by atoms with van der Waals surface area (Å²) in [6.45, 7) is 3.12. The molecule has 2 N–H and O–H groups in total. The molecule has 0 bridgehead atoms. The van der Waals surface area contributed by atoms with Crippen LogP contribution in [0.3, 0.4) is 0 Å². The molecule has 3 rings (SSSR count). The number of aliphatic hydroxyl groups excluding tert-OH is 2. The summed E-state index contributed by atoms with van der Waals surface area (Å²) in [6.07, 6.45) is -0.652. The number of ether oxygens (including phenoxy) is 2. The molecule has 0 spiro atoms. The zero-order valence-corrected chi connectivity index (χ0v) is 18.2. The van der Waals surface area contributed by atoms with E-state index in [0.717, 1.165) is 12.2 Å². The minimum Gasteiger partial charge on any atom is -0.507 e. The van der Waals surface area contributed by atoms with Crippen LogP contribution in [0.5, 0.6) is 0 Å². The molecule has 31 heavy (non-hydrogen) atoms. The molecule has 1 heterocycles. The molecule has 1 saturated heterocycles. The van der Waals surface area contributed by atoms with Crippen LogP contribution in [0.4, 0.5) is 0 Å². The van der Waals surface area contributed by atoms with Gasteiger partial charge in [0.25, 0.3) is 0 Å². The third kappa shape index (κ3) is 5.74. The van der Waals surface area contributed by atoms with Gasteiger partial charge in [-0.3, -0.25) is 9.59 Å². The van der Waals surface area contributed by atoms with E-state index in [2.05, 4.69) is 0 Å². The fourth-order valence-electron chi connectivity index (χ4n) is 3.02. The summed E-state index contributed by atoms with van der Waals surface area (Å²) in [7, 11) is 0. The number of carbonyl (C=O) groups excluding carboxylic acids is 2. The first-order valence-electron chi connectivity index (χ1n) is 9.32. The summed E-state index contributed by atoms with van der Waals surface area (Å²) < 4.78 is 11.2. The highest BCUT2D eigenvalue weighted by atomic mass is 35.5. The number of hydrogen-bond donors (Lipinski definition) is 2. The minimum absolute atomic E-state index is 0.305. The second-order valence-electron chi connectivity index (χ2n) is 7.35. The van der Waals surface area contributed by atoms with Crippen molar-refractivity contribution < 1.29 is 29.3 Å². The number of benzene rings is 2. The second kappa shape index (κ2) is 9.24. The number of aliphatic hydroxyl groups is 2. The van der Waals surface area contributed by atoms with E-state index < -0.39 is 29.6 Å². The van der Waals surface area contributed by atoms with Crippen molar-refractivity contribution in [1.82, 2.24) is 0 Å². The highest BCUT2D eigenvalue weighted by molar-refractivity contribution is 6.30. The second-order valence-corrected chi connectivity index (χ2v) is 8.23. The number of hydrogen-bond acceptors (Lipinski definition) is 6. The van der Waals surface area contributed by atoms with Crippen LogP contribution in [-0.4, -0.2) is 39.8 Å². The topological polar surface area (TPSA) is 93.1 Å². The van der Waals surface area contributed by atoms with Crippen molar-refractivity contribution in [3.8, 4) is 0 Å². The molecule has 162 valence electrons. The van der Waals surface area contributed by atoms with Crippen LogP contribution in [0.25, 0.3) is 11.5 Å². The largest absolute Gasteiger partial charge is 0.507 e. The fraction of sp³-hybridized carbons (Fsp3) is 0.217. The van der Waals surface area contributed by atoms with Gasteiger partial charge in [-0.15, -0.1) is 0 Å². The van der Waals surface area contributed by atoms with Gasteiger partial charge >= 0.3 is 0 Å². The maximum Gasteiger partial charge on any atom is 0.191 e. The zero-order valence-electron chi connectivity index (χ0n) is 16.7. The Morgan fingerprint density at radius 2 is 1.10 bits per heavy atom. The maximum atomic E-state index is 12.8. The molecule has 0 aromatic heterocycles. The van der Waals surface area contributed by atoms with Gasteiger partial charge in [-0.1, -0.05) is 23.2 Å². The molecular weight excluding hydrogens is 443 g/mol. The van der Waals surface area contributed by atoms with Crippen molar-refractivity contribution in [2.45, 2.75) is 31.8 Å². The lowest BCUT2D eigenvalue weighted by Crippen LogP contribution is -2.36. The van der Waals surface area contributed by atoms with Crippen molar-refractivity contribution in [3.05, 3.63) is 81.9 Å². The van der Waals surface area contributed by atoms with Gasteiger partial charge in [0, 0.05) is 33.3 Å². The first-order chi connectivity index (χ1) is 14.6. The van der Waals surface area contributed by atoms with Crippen molar-refractivity contribution >= 4 is 46.3 Å². The van der Waals surface area contributed by atoms with Gasteiger partial charge in [0.05, 0.1) is 0 Å². The molecule has 1 aliphatic heterocycles. The summed E-state index contributed by atoms with van der Waals surface area (Å²) in [5, 5.41) is 21.5. The van der Waals surface area contributed by atoms with Gasteiger partial charge in [0.2, 0.25) is 0 Å². The quantitative estimate of drug-likeness (QED) is 0.455. The summed E-state index contributed by atoms with van der Waals surface area (Å²) in [4.78, 5) is 25.5. The molecule has 2 aromatic rings. The van der Waals surface area contributed by atoms with E-state index in [4.69, 9.17) is 32.7 Å². The van der Waals surface area contributed by atoms with Crippen LogP contribution in [-0.2, 0) is 19.1 Å². The average molecular weight is 463 g/mol. The molecular formula is C23H20Cl2O6. The predicted molar refractivity (Wildman–Crippen MR) is 118 cm³/mol. The smallest absolute Gasteiger partial charge is 0.191 e. The van der Waals surface area contributed by atoms with Gasteiger partial charge < -0.3 is 19.7 Å². The summed E-state index contributed by atoms with van der Waals surface area (Å²) in [6, 6.07) is 12.5. The lowest BCUT2D eigenvalue weighted by Gasteiger charge is -2.15. The van der Waals surface area contributed by atoms with Gasteiger partial charge in [0.1, 0.15) is 11.5 Å². The van der Waals surface area contributed by atoms with Gasteiger partial charge in [-0.2, -0.15) is 0 Å². The van der Waals surface area contributed by atoms with Gasteiger partial charge in [-0.25, -0.2) is 0 Å². The minimum atomic E-state index is -1.30. The molecule has 2 atom stereocenters. The monoisotopic (exact) mass is 462 g/mol. The SMILES string of the molecule is CC1(C)O[C@@H](C(=O)/C=C(\O)c2ccc(Cl)cc2)[C@H](C(=O)/C=C(\O)c2ccc(Cl)cc2)O1.